The van der Waals surface area contributed by atoms with Crippen LogP contribution >= 0.6 is 0 Å². The largest absolute Gasteiger partial charge is 2.00 e. The molecular weight excluding hydrogens is 430 g/mol. The van der Waals surface area contributed by atoms with Crippen molar-refractivity contribution >= 4 is 11.9 Å². The first-order chi connectivity index (χ1) is 14.6. The number of rotatable bonds is 5. The van der Waals surface area contributed by atoms with Crippen LogP contribution in [0.2, 0.25) is 0 Å². The minimum atomic E-state index is -0.414. The Balaban J connectivity index is 0.000000501. The molecule has 0 amide bonds. The van der Waals surface area contributed by atoms with Crippen LogP contribution in [-0.4, -0.2) is 36.6 Å². The molecule has 1 aromatic carbocycles. The van der Waals surface area contributed by atoms with Gasteiger partial charge in [-0.25, -0.2) is 14.8 Å². The third-order valence-corrected chi connectivity index (χ3v) is 4.32. The second-order valence-electron chi connectivity index (χ2n) is 6.71. The first-order valence-corrected chi connectivity index (χ1v) is 9.82. The minimum Gasteiger partial charge on any atom is -0.462 e. The van der Waals surface area contributed by atoms with E-state index in [2.05, 4.69) is 9.97 Å². The number of anilines is 1. The molecule has 2 aliphatic rings. The van der Waals surface area contributed by atoms with Crippen LogP contribution in [0.4, 0.5) is 5.95 Å². The maximum atomic E-state index is 12.7. The van der Waals surface area contributed by atoms with Crippen LogP contribution in [0.25, 0.3) is 11.3 Å². The van der Waals surface area contributed by atoms with Crippen LogP contribution in [0.15, 0.2) is 30.3 Å². The number of aromatic nitrogens is 2. The molecule has 2 fully saturated rings. The SMILES string of the molecule is CCOC(=O)c1c([C]2[CH][CH][CH][CH]2)nc(N(C)C)nc1-c1ccccc1.[CH]1[CH][CH][CH][CH]1.[Fe+2]. The zero-order valence-corrected chi connectivity index (χ0v) is 18.9. The molecule has 2 aromatic rings. The first kappa shape index (κ1) is 25.4. The fourth-order valence-electron chi connectivity index (χ4n) is 2.91. The summed E-state index contributed by atoms with van der Waals surface area (Å²) in [5.74, 6) is 0.997. The zero-order chi connectivity index (χ0) is 21.3. The van der Waals surface area contributed by atoms with Gasteiger partial charge in [-0.1, -0.05) is 30.3 Å². The summed E-state index contributed by atoms with van der Waals surface area (Å²) in [5.41, 5.74) is 2.41. The van der Waals surface area contributed by atoms with Crippen LogP contribution in [-0.2, 0) is 21.8 Å². The van der Waals surface area contributed by atoms with Crippen molar-refractivity contribution in [1.29, 1.82) is 0 Å². The summed E-state index contributed by atoms with van der Waals surface area (Å²) in [4.78, 5) is 23.8. The number of hydrogen-bond donors (Lipinski definition) is 0. The normalized spacial score (nSPS) is 15.6. The number of carbonyl (C=O) groups excluding carboxylic acids is 1. The van der Waals surface area contributed by atoms with Crippen molar-refractivity contribution in [2.45, 2.75) is 6.92 Å². The fraction of sp³-hybridized carbons (Fsp3) is 0.160. The number of nitrogens with zero attached hydrogens (tertiary/aromatic N) is 3. The fourth-order valence-corrected chi connectivity index (χ4v) is 2.91. The van der Waals surface area contributed by atoms with Gasteiger partial charge in [0.1, 0.15) is 5.56 Å². The van der Waals surface area contributed by atoms with Crippen molar-refractivity contribution in [3.8, 4) is 11.3 Å². The Kier molecular flexibility index (Phi) is 10.5. The van der Waals surface area contributed by atoms with Crippen LogP contribution in [0.3, 0.4) is 0 Å². The summed E-state index contributed by atoms with van der Waals surface area (Å²) in [5, 5.41) is 0. The van der Waals surface area contributed by atoms with Crippen molar-refractivity contribution in [3.05, 3.63) is 105 Å². The number of carbonyl (C=O) groups is 1. The first-order valence-electron chi connectivity index (χ1n) is 9.82. The molecule has 2 saturated carbocycles. The van der Waals surface area contributed by atoms with Crippen molar-refractivity contribution in [3.63, 3.8) is 0 Å². The Bertz CT molecular complexity index is 809. The molecule has 1 aromatic heterocycles. The second-order valence-corrected chi connectivity index (χ2v) is 6.71. The van der Waals surface area contributed by atoms with E-state index in [9.17, 15) is 4.79 Å². The summed E-state index contributed by atoms with van der Waals surface area (Å²) in [7, 11) is 3.76. The molecule has 0 atom stereocenters. The third kappa shape index (κ3) is 6.78. The molecule has 6 heteroatoms. The summed E-state index contributed by atoms with van der Waals surface area (Å²) >= 11 is 0. The van der Waals surface area contributed by atoms with Crippen LogP contribution < -0.4 is 4.90 Å². The number of hydrogen-bond acceptors (Lipinski definition) is 5. The summed E-state index contributed by atoms with van der Waals surface area (Å²) in [6, 6.07) is 9.63. The molecule has 158 valence electrons. The molecular formula is C25H25FeN3O2+2. The van der Waals surface area contributed by atoms with E-state index in [1.807, 2.05) is 107 Å². The van der Waals surface area contributed by atoms with E-state index in [4.69, 9.17) is 4.74 Å². The Labute approximate surface area is 197 Å². The van der Waals surface area contributed by atoms with Gasteiger partial charge in [0.15, 0.2) is 0 Å². The van der Waals surface area contributed by atoms with E-state index in [1.165, 1.54) is 0 Å². The molecule has 0 aliphatic heterocycles. The van der Waals surface area contributed by atoms with Crippen molar-refractivity contribution in [1.82, 2.24) is 9.97 Å². The summed E-state index contributed by atoms with van der Waals surface area (Å²) in [6.45, 7) is 2.08. The maximum absolute atomic E-state index is 12.7. The molecule has 0 saturated heterocycles. The van der Waals surface area contributed by atoms with Crippen molar-refractivity contribution < 1.29 is 26.6 Å². The van der Waals surface area contributed by atoms with Gasteiger partial charge in [-0.15, -0.1) is 0 Å². The molecule has 5 nitrogen and oxygen atoms in total. The molecule has 0 bridgehead atoms. The van der Waals surface area contributed by atoms with Gasteiger partial charge in [-0.3, -0.25) is 0 Å². The van der Waals surface area contributed by atoms with Crippen LogP contribution in [0.5, 0.6) is 0 Å². The van der Waals surface area contributed by atoms with E-state index in [-0.39, 0.29) is 17.1 Å². The predicted molar refractivity (Wildman–Crippen MR) is 119 cm³/mol. The smallest absolute Gasteiger partial charge is 0.462 e. The predicted octanol–water partition coefficient (Wildman–Crippen LogP) is 4.16. The zero-order valence-electron chi connectivity index (χ0n) is 17.8. The number of esters is 1. The van der Waals surface area contributed by atoms with Crippen LogP contribution in [0.1, 0.15) is 23.0 Å². The van der Waals surface area contributed by atoms with Crippen molar-refractivity contribution in [2.75, 3.05) is 25.6 Å². The summed E-state index contributed by atoms with van der Waals surface area (Å²) < 4.78 is 5.30. The van der Waals surface area contributed by atoms with Gasteiger partial charge in [-0.2, -0.15) is 0 Å². The third-order valence-electron chi connectivity index (χ3n) is 4.32. The Morgan fingerprint density at radius 1 is 0.871 bits per heavy atom. The molecule has 4 rings (SSSR count). The van der Waals surface area contributed by atoms with Gasteiger partial charge in [-0.05, 0) is 64.7 Å². The molecule has 31 heavy (non-hydrogen) atoms. The van der Waals surface area contributed by atoms with Gasteiger partial charge in [0.05, 0.1) is 18.0 Å². The van der Waals surface area contributed by atoms with Gasteiger partial charge in [0, 0.05) is 25.6 Å². The molecule has 0 N–H and O–H groups in total. The van der Waals surface area contributed by atoms with E-state index in [0.717, 1.165) is 11.5 Å². The standard InChI is InChI=1S/C20H20N3O2.C5H5.Fe/c1-4-25-19(24)16-17(14-10-6-5-7-11-14)21-20(23(2)3)22-18(16)15-12-8-9-13-15;1-2-4-5-3-1;/h5-13H,4H2,1-3H3;1-5H;/q;;+2. The van der Waals surface area contributed by atoms with E-state index < -0.39 is 5.97 Å². The van der Waals surface area contributed by atoms with E-state index in [1.54, 1.807) is 6.92 Å². The summed E-state index contributed by atoms with van der Waals surface area (Å²) in [6.07, 6.45) is 17.7. The molecule has 10 radical (unpaired) electrons. The van der Waals surface area contributed by atoms with Crippen LogP contribution in [0, 0.1) is 63.7 Å². The Hall–Kier alpha value is -1.91. The molecule has 1 heterocycles. The minimum absolute atomic E-state index is 0. The average molecular weight is 455 g/mol. The molecule has 0 spiro atoms. The quantitative estimate of drug-likeness (QED) is 0.501. The van der Waals surface area contributed by atoms with E-state index in [0.29, 0.717) is 29.5 Å². The van der Waals surface area contributed by atoms with Crippen molar-refractivity contribution in [2.24, 2.45) is 0 Å². The van der Waals surface area contributed by atoms with Gasteiger partial charge >= 0.3 is 23.0 Å². The average Bonchev–Trinajstić information content (AvgIpc) is 3.50. The number of benzene rings is 1. The van der Waals surface area contributed by atoms with Gasteiger partial charge < -0.3 is 9.64 Å². The Morgan fingerprint density at radius 2 is 1.42 bits per heavy atom. The second kappa shape index (κ2) is 12.8. The monoisotopic (exact) mass is 455 g/mol. The van der Waals surface area contributed by atoms with E-state index >= 15 is 0 Å². The topological polar surface area (TPSA) is 55.3 Å². The number of ether oxygens (including phenoxy) is 1. The van der Waals surface area contributed by atoms with Gasteiger partial charge in [0.2, 0.25) is 5.95 Å². The Morgan fingerprint density at radius 3 is 1.94 bits per heavy atom. The van der Waals surface area contributed by atoms with Gasteiger partial charge in [0.25, 0.3) is 0 Å². The maximum Gasteiger partial charge on any atom is 2.00 e. The molecule has 0 unspecified atom stereocenters. The molecule has 2 aliphatic carbocycles.